The molecule has 0 bridgehead atoms. The van der Waals surface area contributed by atoms with Crippen LogP contribution >= 0.6 is 0 Å². The maximum Gasteiger partial charge on any atom is 0.244 e. The van der Waals surface area contributed by atoms with Gasteiger partial charge in [-0.15, -0.1) is 0 Å². The highest BCUT2D eigenvalue weighted by Crippen LogP contribution is 2.08. The van der Waals surface area contributed by atoms with Crippen molar-refractivity contribution in [3.63, 3.8) is 0 Å². The van der Waals surface area contributed by atoms with Crippen LogP contribution in [0.1, 0.15) is 13.3 Å². The largest absolute Gasteiger partial charge is 0.396 e. The standard InChI is InChI=1S/C10H19N3O4S/c1-9(8-17-2)12-18(15,16)10-6-11-13(7-10)4-3-5-14/h6-7,9,12,14H,3-5,8H2,1-2H3. The maximum absolute atomic E-state index is 11.9. The molecule has 1 heterocycles. The molecule has 1 aromatic rings. The number of aliphatic hydroxyl groups is 1. The first-order chi connectivity index (χ1) is 8.49. The molecule has 0 amide bonds. The minimum atomic E-state index is -3.56. The fraction of sp³-hybridized carbons (Fsp3) is 0.700. The van der Waals surface area contributed by atoms with Gasteiger partial charge in [0.25, 0.3) is 0 Å². The van der Waals surface area contributed by atoms with Crippen molar-refractivity contribution in [3.05, 3.63) is 12.4 Å². The van der Waals surface area contributed by atoms with E-state index in [9.17, 15) is 8.42 Å². The number of ether oxygens (including phenoxy) is 1. The fourth-order valence-electron chi connectivity index (χ4n) is 1.46. The number of aromatic nitrogens is 2. The number of nitrogens with zero attached hydrogens (tertiary/aromatic N) is 2. The lowest BCUT2D eigenvalue weighted by atomic mass is 10.4. The van der Waals surface area contributed by atoms with E-state index < -0.39 is 10.0 Å². The Hall–Kier alpha value is -0.960. The lowest BCUT2D eigenvalue weighted by Crippen LogP contribution is -2.35. The molecule has 1 aromatic heterocycles. The molecule has 0 aliphatic rings. The van der Waals surface area contributed by atoms with E-state index in [0.29, 0.717) is 19.6 Å². The Balaban J connectivity index is 2.69. The molecule has 1 rings (SSSR count). The number of sulfonamides is 1. The van der Waals surface area contributed by atoms with Crippen LogP contribution in [0.15, 0.2) is 17.3 Å². The van der Waals surface area contributed by atoms with Crippen LogP contribution in [0.3, 0.4) is 0 Å². The molecule has 18 heavy (non-hydrogen) atoms. The molecule has 0 spiro atoms. The molecule has 1 atom stereocenters. The molecule has 1 unspecified atom stereocenters. The van der Waals surface area contributed by atoms with E-state index in [1.807, 2.05) is 0 Å². The van der Waals surface area contributed by atoms with Crippen LogP contribution in [-0.2, 0) is 21.3 Å². The lowest BCUT2D eigenvalue weighted by Gasteiger charge is -2.11. The number of hydrogen-bond donors (Lipinski definition) is 2. The zero-order valence-electron chi connectivity index (χ0n) is 10.5. The van der Waals surface area contributed by atoms with E-state index in [1.54, 1.807) is 6.92 Å². The summed E-state index contributed by atoms with van der Waals surface area (Å²) in [6.07, 6.45) is 3.27. The Labute approximate surface area is 107 Å². The topological polar surface area (TPSA) is 93.5 Å². The zero-order chi connectivity index (χ0) is 13.6. The number of nitrogens with one attached hydrogen (secondary N) is 1. The lowest BCUT2D eigenvalue weighted by molar-refractivity contribution is 0.180. The molecular formula is C10H19N3O4S. The third-order valence-electron chi connectivity index (χ3n) is 2.24. The average Bonchev–Trinajstić information content (AvgIpc) is 2.75. The SMILES string of the molecule is COCC(C)NS(=O)(=O)c1cnn(CCCO)c1. The van der Waals surface area contributed by atoms with Crippen LogP contribution in [0, 0.1) is 0 Å². The number of aliphatic hydroxyl groups excluding tert-OH is 1. The second-order valence-corrected chi connectivity index (χ2v) is 5.71. The highest BCUT2D eigenvalue weighted by molar-refractivity contribution is 7.89. The van der Waals surface area contributed by atoms with E-state index in [2.05, 4.69) is 9.82 Å². The molecule has 0 aliphatic heterocycles. The first-order valence-electron chi connectivity index (χ1n) is 5.64. The van der Waals surface area contributed by atoms with Crippen molar-refractivity contribution in [2.45, 2.75) is 30.8 Å². The van der Waals surface area contributed by atoms with Gasteiger partial charge >= 0.3 is 0 Å². The summed E-state index contributed by atoms with van der Waals surface area (Å²) in [6, 6.07) is -0.305. The number of methoxy groups -OCH3 is 1. The summed E-state index contributed by atoms with van der Waals surface area (Å²) in [5.41, 5.74) is 0. The molecule has 7 nitrogen and oxygen atoms in total. The second-order valence-electron chi connectivity index (χ2n) is 3.99. The van der Waals surface area contributed by atoms with Crippen molar-refractivity contribution >= 4 is 10.0 Å². The first kappa shape index (κ1) is 15.1. The van der Waals surface area contributed by atoms with Gasteiger partial charge < -0.3 is 9.84 Å². The van der Waals surface area contributed by atoms with E-state index in [1.165, 1.54) is 24.2 Å². The van der Waals surface area contributed by atoms with Crippen LogP contribution in [0.5, 0.6) is 0 Å². The van der Waals surface area contributed by atoms with Crippen LogP contribution in [-0.4, -0.2) is 49.7 Å². The number of rotatable bonds is 8. The van der Waals surface area contributed by atoms with E-state index >= 15 is 0 Å². The smallest absolute Gasteiger partial charge is 0.244 e. The van der Waals surface area contributed by atoms with Gasteiger partial charge in [0, 0.05) is 32.5 Å². The van der Waals surface area contributed by atoms with Crippen LogP contribution in [0.25, 0.3) is 0 Å². The van der Waals surface area contributed by atoms with Gasteiger partial charge in [-0.25, -0.2) is 13.1 Å². The average molecular weight is 277 g/mol. The Morgan fingerprint density at radius 3 is 2.94 bits per heavy atom. The maximum atomic E-state index is 11.9. The Morgan fingerprint density at radius 2 is 2.33 bits per heavy atom. The zero-order valence-corrected chi connectivity index (χ0v) is 11.4. The van der Waals surface area contributed by atoms with Crippen LogP contribution in [0.4, 0.5) is 0 Å². The summed E-state index contributed by atoms with van der Waals surface area (Å²) in [5, 5.41) is 12.6. The number of aryl methyl sites for hydroxylation is 1. The van der Waals surface area contributed by atoms with Crippen molar-refractivity contribution in [2.24, 2.45) is 0 Å². The number of hydrogen-bond acceptors (Lipinski definition) is 5. The summed E-state index contributed by atoms with van der Waals surface area (Å²) in [7, 11) is -2.05. The third kappa shape index (κ3) is 4.37. The normalized spacial score (nSPS) is 13.7. The molecule has 8 heteroatoms. The van der Waals surface area contributed by atoms with Gasteiger partial charge in [0.15, 0.2) is 0 Å². The molecule has 2 N–H and O–H groups in total. The molecule has 0 aliphatic carbocycles. The Bertz CT molecular complexity index is 457. The minimum Gasteiger partial charge on any atom is -0.396 e. The third-order valence-corrected chi connectivity index (χ3v) is 3.78. The predicted molar refractivity (Wildman–Crippen MR) is 65.6 cm³/mol. The molecule has 0 aromatic carbocycles. The van der Waals surface area contributed by atoms with Gasteiger partial charge in [-0.05, 0) is 13.3 Å². The molecule has 104 valence electrons. The van der Waals surface area contributed by atoms with Crippen molar-refractivity contribution in [1.82, 2.24) is 14.5 Å². The van der Waals surface area contributed by atoms with Crippen molar-refractivity contribution in [3.8, 4) is 0 Å². The van der Waals surface area contributed by atoms with Gasteiger partial charge in [0.2, 0.25) is 10.0 Å². The van der Waals surface area contributed by atoms with Gasteiger partial charge in [-0.2, -0.15) is 5.10 Å². The molecule has 0 fully saturated rings. The highest BCUT2D eigenvalue weighted by atomic mass is 32.2. The van der Waals surface area contributed by atoms with Gasteiger partial charge in [-0.1, -0.05) is 0 Å². The van der Waals surface area contributed by atoms with Crippen LogP contribution in [0.2, 0.25) is 0 Å². The van der Waals surface area contributed by atoms with Crippen LogP contribution < -0.4 is 4.72 Å². The van der Waals surface area contributed by atoms with Crippen molar-refractivity contribution < 1.29 is 18.3 Å². The summed E-state index contributed by atoms with van der Waals surface area (Å²) < 4.78 is 32.7. The molecule has 0 saturated heterocycles. The summed E-state index contributed by atoms with van der Waals surface area (Å²) in [6.45, 7) is 2.56. The summed E-state index contributed by atoms with van der Waals surface area (Å²) in [4.78, 5) is 0.114. The first-order valence-corrected chi connectivity index (χ1v) is 7.12. The summed E-state index contributed by atoms with van der Waals surface area (Å²) in [5.74, 6) is 0. The summed E-state index contributed by atoms with van der Waals surface area (Å²) >= 11 is 0. The monoisotopic (exact) mass is 277 g/mol. The van der Waals surface area contributed by atoms with Gasteiger partial charge in [-0.3, -0.25) is 4.68 Å². The van der Waals surface area contributed by atoms with Crippen molar-refractivity contribution in [1.29, 1.82) is 0 Å². The predicted octanol–water partition coefficient (Wildman–Crippen LogP) is -0.421. The second kappa shape index (κ2) is 6.83. The minimum absolute atomic E-state index is 0.0467. The molecule has 0 radical (unpaired) electrons. The Morgan fingerprint density at radius 1 is 1.61 bits per heavy atom. The molecular weight excluding hydrogens is 258 g/mol. The van der Waals surface area contributed by atoms with Crippen molar-refractivity contribution in [2.75, 3.05) is 20.3 Å². The Kier molecular flexibility index (Phi) is 5.73. The van der Waals surface area contributed by atoms with Gasteiger partial charge in [0.1, 0.15) is 4.90 Å². The van der Waals surface area contributed by atoms with E-state index in [-0.39, 0.29) is 17.5 Å². The highest BCUT2D eigenvalue weighted by Gasteiger charge is 2.19. The van der Waals surface area contributed by atoms with E-state index in [4.69, 9.17) is 9.84 Å². The molecule has 0 saturated carbocycles. The van der Waals surface area contributed by atoms with E-state index in [0.717, 1.165) is 0 Å². The van der Waals surface area contributed by atoms with Gasteiger partial charge in [0.05, 0.1) is 12.8 Å². The quantitative estimate of drug-likeness (QED) is 0.673. The fourth-order valence-corrected chi connectivity index (χ4v) is 2.64.